The molecule has 1 atom stereocenters. The Kier molecular flexibility index (Phi) is 4.57. The predicted octanol–water partition coefficient (Wildman–Crippen LogP) is 4.59. The molecule has 3 aromatic rings. The molecule has 0 aliphatic rings. The molecule has 1 N–H and O–H groups in total. The van der Waals surface area contributed by atoms with Gasteiger partial charge in [0.2, 0.25) is 0 Å². The summed E-state index contributed by atoms with van der Waals surface area (Å²) in [5, 5.41) is 7.15. The SMILES string of the molecule is CC(CC#Cc1ccccc1Cl)Nc1ncnc2sccc12. The standard InChI is InChI=1S/C17H14ClN3S/c1-12(5-4-7-13-6-2-3-8-15(13)18)21-16-14-9-10-22-17(14)20-11-19-16/h2-3,6,8-12H,5H2,1H3,(H,19,20,21). The van der Waals surface area contributed by atoms with E-state index in [2.05, 4.69) is 34.0 Å². The Bertz CT molecular complexity index is 847. The van der Waals surface area contributed by atoms with Crippen molar-refractivity contribution in [3.63, 3.8) is 0 Å². The van der Waals surface area contributed by atoms with Crippen LogP contribution >= 0.6 is 22.9 Å². The second-order valence-electron chi connectivity index (χ2n) is 4.89. The minimum atomic E-state index is 0.188. The molecule has 5 heteroatoms. The zero-order valence-corrected chi connectivity index (χ0v) is 13.6. The van der Waals surface area contributed by atoms with Crippen molar-refractivity contribution >= 4 is 39.0 Å². The average molecular weight is 328 g/mol. The number of halogens is 1. The highest BCUT2D eigenvalue weighted by Gasteiger charge is 2.07. The molecule has 22 heavy (non-hydrogen) atoms. The van der Waals surface area contributed by atoms with Crippen LogP contribution in [0.25, 0.3) is 10.2 Å². The van der Waals surface area contributed by atoms with E-state index in [0.717, 1.165) is 21.6 Å². The lowest BCUT2D eigenvalue weighted by Crippen LogP contribution is -2.15. The monoisotopic (exact) mass is 327 g/mol. The van der Waals surface area contributed by atoms with Crippen molar-refractivity contribution in [1.29, 1.82) is 0 Å². The number of hydrogen-bond acceptors (Lipinski definition) is 4. The van der Waals surface area contributed by atoms with Crippen molar-refractivity contribution in [3.8, 4) is 11.8 Å². The number of fused-ring (bicyclic) bond motifs is 1. The molecule has 0 bridgehead atoms. The summed E-state index contributed by atoms with van der Waals surface area (Å²) in [6, 6.07) is 9.83. The van der Waals surface area contributed by atoms with E-state index in [4.69, 9.17) is 11.6 Å². The second-order valence-corrected chi connectivity index (χ2v) is 6.19. The van der Waals surface area contributed by atoms with Gasteiger partial charge in [-0.15, -0.1) is 11.3 Å². The lowest BCUT2D eigenvalue weighted by atomic mass is 10.2. The van der Waals surface area contributed by atoms with Gasteiger partial charge in [-0.05, 0) is 30.5 Å². The first-order valence-corrected chi connectivity index (χ1v) is 8.18. The molecule has 1 aromatic carbocycles. The van der Waals surface area contributed by atoms with Crippen LogP contribution in [0.4, 0.5) is 5.82 Å². The van der Waals surface area contributed by atoms with Crippen molar-refractivity contribution in [2.75, 3.05) is 5.32 Å². The largest absolute Gasteiger partial charge is 0.366 e. The smallest absolute Gasteiger partial charge is 0.138 e. The van der Waals surface area contributed by atoms with Crippen molar-refractivity contribution < 1.29 is 0 Å². The highest BCUT2D eigenvalue weighted by Crippen LogP contribution is 2.24. The molecule has 3 rings (SSSR count). The molecule has 3 nitrogen and oxygen atoms in total. The molecule has 0 spiro atoms. The topological polar surface area (TPSA) is 37.8 Å². The molecule has 0 saturated carbocycles. The molecule has 2 heterocycles. The lowest BCUT2D eigenvalue weighted by Gasteiger charge is -2.11. The maximum Gasteiger partial charge on any atom is 0.138 e. The number of benzene rings is 1. The number of thiophene rings is 1. The number of anilines is 1. The molecular formula is C17H14ClN3S. The van der Waals surface area contributed by atoms with Gasteiger partial charge in [0.1, 0.15) is 17.0 Å². The summed E-state index contributed by atoms with van der Waals surface area (Å²) in [7, 11) is 0. The van der Waals surface area contributed by atoms with Gasteiger partial charge < -0.3 is 5.32 Å². The van der Waals surface area contributed by atoms with Gasteiger partial charge in [0.05, 0.1) is 10.4 Å². The minimum absolute atomic E-state index is 0.188. The van der Waals surface area contributed by atoms with E-state index in [-0.39, 0.29) is 6.04 Å². The third-order valence-electron chi connectivity index (χ3n) is 3.15. The quantitative estimate of drug-likeness (QED) is 0.715. The van der Waals surface area contributed by atoms with Crippen LogP contribution in [0.1, 0.15) is 18.9 Å². The first-order chi connectivity index (χ1) is 10.7. The summed E-state index contributed by atoms with van der Waals surface area (Å²) in [5.41, 5.74) is 0.860. The van der Waals surface area contributed by atoms with Crippen LogP contribution in [0.2, 0.25) is 5.02 Å². The Labute approximate surface area is 138 Å². The Morgan fingerprint density at radius 3 is 3.00 bits per heavy atom. The van der Waals surface area contributed by atoms with E-state index in [9.17, 15) is 0 Å². The van der Waals surface area contributed by atoms with E-state index in [1.165, 1.54) is 0 Å². The molecular weight excluding hydrogens is 314 g/mol. The highest BCUT2D eigenvalue weighted by atomic mass is 35.5. The van der Waals surface area contributed by atoms with Crippen molar-refractivity contribution in [1.82, 2.24) is 9.97 Å². The molecule has 0 fully saturated rings. The molecule has 110 valence electrons. The van der Waals surface area contributed by atoms with Gasteiger partial charge in [-0.2, -0.15) is 0 Å². The average Bonchev–Trinajstić information content (AvgIpc) is 2.99. The third kappa shape index (κ3) is 3.38. The highest BCUT2D eigenvalue weighted by molar-refractivity contribution is 7.16. The molecule has 1 unspecified atom stereocenters. The van der Waals surface area contributed by atoms with E-state index in [0.29, 0.717) is 11.4 Å². The number of rotatable bonds is 3. The van der Waals surface area contributed by atoms with Crippen LogP contribution in [0.15, 0.2) is 42.0 Å². The molecule has 0 radical (unpaired) electrons. The molecule has 2 aromatic heterocycles. The molecule has 0 aliphatic carbocycles. The fourth-order valence-corrected chi connectivity index (χ4v) is 2.97. The van der Waals surface area contributed by atoms with Crippen molar-refractivity contribution in [2.45, 2.75) is 19.4 Å². The van der Waals surface area contributed by atoms with Crippen LogP contribution in [0, 0.1) is 11.8 Å². The summed E-state index contributed by atoms with van der Waals surface area (Å²) < 4.78 is 0. The lowest BCUT2D eigenvalue weighted by molar-refractivity contribution is 0.822. The number of hydrogen-bond donors (Lipinski definition) is 1. The Morgan fingerprint density at radius 1 is 1.27 bits per heavy atom. The van der Waals surface area contributed by atoms with E-state index in [1.54, 1.807) is 17.7 Å². The fraction of sp³-hybridized carbons (Fsp3) is 0.176. The summed E-state index contributed by atoms with van der Waals surface area (Å²) in [6.45, 7) is 2.08. The van der Waals surface area contributed by atoms with Gasteiger partial charge in [-0.25, -0.2) is 9.97 Å². The van der Waals surface area contributed by atoms with Gasteiger partial charge >= 0.3 is 0 Å². The van der Waals surface area contributed by atoms with Gasteiger partial charge in [0.25, 0.3) is 0 Å². The maximum absolute atomic E-state index is 6.09. The van der Waals surface area contributed by atoms with Crippen LogP contribution in [-0.2, 0) is 0 Å². The zero-order valence-electron chi connectivity index (χ0n) is 12.0. The van der Waals surface area contributed by atoms with Crippen LogP contribution in [-0.4, -0.2) is 16.0 Å². The van der Waals surface area contributed by atoms with Gasteiger partial charge in [0, 0.05) is 18.0 Å². The number of nitrogens with zero attached hydrogens (tertiary/aromatic N) is 2. The molecule has 0 aliphatic heterocycles. The van der Waals surface area contributed by atoms with Gasteiger partial charge in [0.15, 0.2) is 0 Å². The Morgan fingerprint density at radius 2 is 2.14 bits per heavy atom. The zero-order chi connectivity index (χ0) is 15.4. The van der Waals surface area contributed by atoms with Crippen LogP contribution in [0.3, 0.4) is 0 Å². The van der Waals surface area contributed by atoms with Crippen molar-refractivity contribution in [2.24, 2.45) is 0 Å². The van der Waals surface area contributed by atoms with Crippen LogP contribution in [0.5, 0.6) is 0 Å². The van der Waals surface area contributed by atoms with Gasteiger partial charge in [-0.3, -0.25) is 0 Å². The number of aromatic nitrogens is 2. The fourth-order valence-electron chi connectivity index (χ4n) is 2.05. The third-order valence-corrected chi connectivity index (χ3v) is 4.30. The first kappa shape index (κ1) is 14.8. The summed E-state index contributed by atoms with van der Waals surface area (Å²) in [4.78, 5) is 9.55. The normalized spacial score (nSPS) is 11.7. The molecule has 0 saturated heterocycles. The summed E-state index contributed by atoms with van der Waals surface area (Å²) >= 11 is 7.70. The molecule has 0 amide bonds. The first-order valence-electron chi connectivity index (χ1n) is 6.92. The van der Waals surface area contributed by atoms with E-state index >= 15 is 0 Å². The summed E-state index contributed by atoms with van der Waals surface area (Å²) in [5.74, 6) is 7.14. The van der Waals surface area contributed by atoms with Crippen molar-refractivity contribution in [3.05, 3.63) is 52.6 Å². The Balaban J connectivity index is 1.68. The summed E-state index contributed by atoms with van der Waals surface area (Å²) in [6.07, 6.45) is 2.30. The van der Waals surface area contributed by atoms with E-state index < -0.39 is 0 Å². The maximum atomic E-state index is 6.09. The number of nitrogens with one attached hydrogen (secondary N) is 1. The van der Waals surface area contributed by atoms with Gasteiger partial charge in [-0.1, -0.05) is 35.6 Å². The second kappa shape index (κ2) is 6.78. The Hall–Kier alpha value is -2.09. The minimum Gasteiger partial charge on any atom is -0.366 e. The van der Waals surface area contributed by atoms with E-state index in [1.807, 2.05) is 35.7 Å². The predicted molar refractivity (Wildman–Crippen MR) is 93.4 cm³/mol. The van der Waals surface area contributed by atoms with Crippen LogP contribution < -0.4 is 5.32 Å².